The molecule has 0 aromatic heterocycles. The van der Waals surface area contributed by atoms with Crippen LogP contribution in [0.15, 0.2) is 0 Å². The zero-order valence-electron chi connectivity index (χ0n) is 9.28. The summed E-state index contributed by atoms with van der Waals surface area (Å²) >= 11 is 0. The van der Waals surface area contributed by atoms with E-state index in [9.17, 15) is 0 Å². The average molecular weight is 211 g/mol. The first-order valence-electron chi connectivity index (χ1n) is 6.28. The summed E-state index contributed by atoms with van der Waals surface area (Å²) in [4.78, 5) is 0. The van der Waals surface area contributed by atoms with Crippen LogP contribution in [0.1, 0.15) is 38.5 Å². The molecular weight excluding hydrogens is 190 g/mol. The van der Waals surface area contributed by atoms with Crippen molar-refractivity contribution in [3.63, 3.8) is 0 Å². The molecule has 2 N–H and O–H groups in total. The zero-order chi connectivity index (χ0) is 10.3. The average Bonchev–Trinajstić information content (AvgIpc) is 3.04. The van der Waals surface area contributed by atoms with Crippen molar-refractivity contribution in [3.8, 4) is 0 Å². The maximum Gasteiger partial charge on any atom is 0.0827 e. The van der Waals surface area contributed by atoms with Crippen LogP contribution >= 0.6 is 0 Å². The highest BCUT2D eigenvalue weighted by atomic mass is 16.6. The van der Waals surface area contributed by atoms with E-state index >= 15 is 0 Å². The van der Waals surface area contributed by atoms with Gasteiger partial charge in [0.15, 0.2) is 0 Å². The lowest BCUT2D eigenvalue weighted by molar-refractivity contribution is 0.143. The molecule has 86 valence electrons. The molecule has 0 aromatic carbocycles. The number of nitrogens with two attached hydrogens (primary N) is 1. The minimum atomic E-state index is 0.0470. The van der Waals surface area contributed by atoms with E-state index < -0.39 is 0 Å². The number of hydrogen-bond acceptors (Lipinski definition) is 3. The van der Waals surface area contributed by atoms with E-state index in [-0.39, 0.29) is 5.54 Å². The molecule has 3 fully saturated rings. The fraction of sp³-hybridized carbons (Fsp3) is 1.00. The van der Waals surface area contributed by atoms with Crippen LogP contribution < -0.4 is 5.73 Å². The molecule has 4 atom stereocenters. The molecule has 1 aliphatic carbocycles. The van der Waals surface area contributed by atoms with Gasteiger partial charge in [0.1, 0.15) is 0 Å². The standard InChI is InChI=1S/C12H21NO2/c13-12(6-11-8-15-11)4-2-1-3-9(12)5-10-7-14-10/h9-11H,1-8,13H2. The normalized spacial score (nSPS) is 49.0. The third-order valence-corrected chi connectivity index (χ3v) is 4.22. The van der Waals surface area contributed by atoms with Crippen molar-refractivity contribution < 1.29 is 9.47 Å². The molecule has 4 unspecified atom stereocenters. The fourth-order valence-corrected chi connectivity index (χ4v) is 3.09. The summed E-state index contributed by atoms with van der Waals surface area (Å²) < 4.78 is 10.7. The molecule has 0 aromatic rings. The Morgan fingerprint density at radius 2 is 1.87 bits per heavy atom. The van der Waals surface area contributed by atoms with Crippen molar-refractivity contribution in [2.75, 3.05) is 13.2 Å². The SMILES string of the molecule is NC1(CC2CO2)CCCCC1CC1CO1. The van der Waals surface area contributed by atoms with E-state index in [0.29, 0.717) is 18.1 Å². The Morgan fingerprint density at radius 1 is 1.13 bits per heavy atom. The minimum Gasteiger partial charge on any atom is -0.373 e. The molecule has 0 spiro atoms. The van der Waals surface area contributed by atoms with Gasteiger partial charge in [0, 0.05) is 5.54 Å². The van der Waals surface area contributed by atoms with Gasteiger partial charge in [-0.05, 0) is 31.6 Å². The fourth-order valence-electron chi connectivity index (χ4n) is 3.09. The number of rotatable bonds is 4. The molecule has 2 saturated heterocycles. The molecule has 2 heterocycles. The molecule has 15 heavy (non-hydrogen) atoms. The Bertz CT molecular complexity index is 238. The highest BCUT2D eigenvalue weighted by molar-refractivity contribution is 4.99. The van der Waals surface area contributed by atoms with Gasteiger partial charge in [0.2, 0.25) is 0 Å². The van der Waals surface area contributed by atoms with E-state index in [0.717, 1.165) is 19.6 Å². The van der Waals surface area contributed by atoms with Crippen LogP contribution in [0, 0.1) is 5.92 Å². The summed E-state index contributed by atoms with van der Waals surface area (Å²) in [6.07, 6.45) is 8.38. The number of epoxide rings is 2. The van der Waals surface area contributed by atoms with Gasteiger partial charge in [-0.1, -0.05) is 12.8 Å². The first-order valence-corrected chi connectivity index (χ1v) is 6.28. The van der Waals surface area contributed by atoms with Crippen molar-refractivity contribution in [1.29, 1.82) is 0 Å². The Kier molecular flexibility index (Phi) is 2.49. The van der Waals surface area contributed by atoms with Gasteiger partial charge in [-0.2, -0.15) is 0 Å². The molecule has 0 radical (unpaired) electrons. The van der Waals surface area contributed by atoms with Gasteiger partial charge in [0.05, 0.1) is 25.4 Å². The topological polar surface area (TPSA) is 51.1 Å². The summed E-state index contributed by atoms with van der Waals surface area (Å²) in [5.41, 5.74) is 6.63. The summed E-state index contributed by atoms with van der Waals surface area (Å²) in [6.45, 7) is 1.90. The molecule has 2 aliphatic heterocycles. The summed E-state index contributed by atoms with van der Waals surface area (Å²) in [6, 6.07) is 0. The van der Waals surface area contributed by atoms with Crippen LogP contribution in [0.25, 0.3) is 0 Å². The van der Waals surface area contributed by atoms with Crippen LogP contribution in [0.5, 0.6) is 0 Å². The predicted molar refractivity (Wildman–Crippen MR) is 57.6 cm³/mol. The molecule has 1 saturated carbocycles. The smallest absolute Gasteiger partial charge is 0.0827 e. The summed E-state index contributed by atoms with van der Waals surface area (Å²) in [5, 5.41) is 0. The summed E-state index contributed by atoms with van der Waals surface area (Å²) in [7, 11) is 0. The summed E-state index contributed by atoms with van der Waals surface area (Å²) in [5.74, 6) is 0.669. The lowest BCUT2D eigenvalue weighted by atomic mass is 9.69. The predicted octanol–water partition coefficient (Wildman–Crippen LogP) is 1.45. The van der Waals surface area contributed by atoms with Crippen molar-refractivity contribution in [2.45, 2.75) is 56.3 Å². The molecule has 0 amide bonds. The lowest BCUT2D eigenvalue weighted by Gasteiger charge is -2.41. The van der Waals surface area contributed by atoms with Gasteiger partial charge in [0.25, 0.3) is 0 Å². The third kappa shape index (κ3) is 2.35. The van der Waals surface area contributed by atoms with Crippen molar-refractivity contribution in [1.82, 2.24) is 0 Å². The van der Waals surface area contributed by atoms with E-state index in [1.54, 1.807) is 0 Å². The van der Waals surface area contributed by atoms with Crippen LogP contribution in [0.3, 0.4) is 0 Å². The van der Waals surface area contributed by atoms with Gasteiger partial charge in [-0.3, -0.25) is 0 Å². The second-order valence-electron chi connectivity index (χ2n) is 5.53. The second-order valence-corrected chi connectivity index (χ2v) is 5.53. The monoisotopic (exact) mass is 211 g/mol. The lowest BCUT2D eigenvalue weighted by Crippen LogP contribution is -2.50. The molecule has 3 heteroatoms. The maximum atomic E-state index is 6.58. The van der Waals surface area contributed by atoms with Gasteiger partial charge < -0.3 is 15.2 Å². The van der Waals surface area contributed by atoms with E-state index in [4.69, 9.17) is 15.2 Å². The minimum absolute atomic E-state index is 0.0470. The van der Waals surface area contributed by atoms with Crippen LogP contribution in [0.4, 0.5) is 0 Å². The van der Waals surface area contributed by atoms with Crippen molar-refractivity contribution in [2.24, 2.45) is 11.7 Å². The Hall–Kier alpha value is -0.120. The zero-order valence-corrected chi connectivity index (χ0v) is 9.28. The van der Waals surface area contributed by atoms with Gasteiger partial charge >= 0.3 is 0 Å². The first kappa shape index (κ1) is 10.1. The largest absolute Gasteiger partial charge is 0.373 e. The molecule has 0 bridgehead atoms. The molecule has 3 aliphatic rings. The van der Waals surface area contributed by atoms with E-state index in [1.807, 2.05) is 0 Å². The Balaban J connectivity index is 1.63. The second kappa shape index (κ2) is 3.72. The van der Waals surface area contributed by atoms with Gasteiger partial charge in [-0.15, -0.1) is 0 Å². The van der Waals surface area contributed by atoms with E-state index in [1.165, 1.54) is 32.1 Å². The highest BCUT2D eigenvalue weighted by Gasteiger charge is 2.44. The Labute approximate surface area is 91.3 Å². The van der Waals surface area contributed by atoms with Crippen LogP contribution in [0.2, 0.25) is 0 Å². The third-order valence-electron chi connectivity index (χ3n) is 4.22. The maximum absolute atomic E-state index is 6.58. The quantitative estimate of drug-likeness (QED) is 0.716. The van der Waals surface area contributed by atoms with Crippen LogP contribution in [-0.4, -0.2) is 31.0 Å². The van der Waals surface area contributed by atoms with Crippen LogP contribution in [-0.2, 0) is 9.47 Å². The Morgan fingerprint density at radius 3 is 2.53 bits per heavy atom. The first-order chi connectivity index (χ1) is 7.26. The molecule has 3 rings (SSSR count). The molecular formula is C12H21NO2. The van der Waals surface area contributed by atoms with Crippen molar-refractivity contribution in [3.05, 3.63) is 0 Å². The van der Waals surface area contributed by atoms with Gasteiger partial charge in [-0.25, -0.2) is 0 Å². The highest BCUT2D eigenvalue weighted by Crippen LogP contribution is 2.41. The molecule has 3 nitrogen and oxygen atoms in total. The van der Waals surface area contributed by atoms with E-state index in [2.05, 4.69) is 0 Å². The number of hydrogen-bond donors (Lipinski definition) is 1. The van der Waals surface area contributed by atoms with Crippen molar-refractivity contribution >= 4 is 0 Å². The number of ether oxygens (including phenoxy) is 2.